The van der Waals surface area contributed by atoms with E-state index in [1.165, 1.54) is 13.2 Å². The van der Waals surface area contributed by atoms with Crippen LogP contribution in [0.25, 0.3) is 0 Å². The molecule has 0 atom stereocenters. The van der Waals surface area contributed by atoms with Crippen LogP contribution in [0.4, 0.5) is 0 Å². The first kappa shape index (κ1) is 8.18. The highest BCUT2D eigenvalue weighted by atomic mass is 16.2. The Morgan fingerprint density at radius 3 is 3.17 bits per heavy atom. The number of nitrogens with one attached hydrogen (secondary N) is 3. The van der Waals surface area contributed by atoms with Gasteiger partial charge in [-0.25, -0.2) is 10.4 Å². The molecule has 0 aromatic carbocycles. The van der Waals surface area contributed by atoms with Crippen LogP contribution in [0.3, 0.4) is 0 Å². The van der Waals surface area contributed by atoms with E-state index < -0.39 is 5.91 Å². The third kappa shape index (κ3) is 2.04. The van der Waals surface area contributed by atoms with Crippen molar-refractivity contribution in [1.29, 1.82) is 0 Å². The number of carbonyl (C=O) groups excluding carboxylic acids is 1. The van der Waals surface area contributed by atoms with Crippen molar-refractivity contribution in [3.63, 3.8) is 0 Å². The first-order valence-corrected chi connectivity index (χ1v) is 3.18. The number of rotatable bonds is 3. The van der Waals surface area contributed by atoms with Gasteiger partial charge in [-0.2, -0.15) is 10.6 Å². The molecule has 1 aromatic rings. The van der Waals surface area contributed by atoms with Gasteiger partial charge in [-0.3, -0.25) is 4.79 Å². The summed E-state index contributed by atoms with van der Waals surface area (Å²) in [6.45, 7) is 0. The van der Waals surface area contributed by atoms with Crippen molar-refractivity contribution in [1.82, 2.24) is 20.9 Å². The molecule has 1 amide bonds. The van der Waals surface area contributed by atoms with Crippen LogP contribution in [0.5, 0.6) is 0 Å². The van der Waals surface area contributed by atoms with E-state index in [0.717, 1.165) is 0 Å². The lowest BCUT2D eigenvalue weighted by molar-refractivity contribution is 0.0923. The van der Waals surface area contributed by atoms with Crippen LogP contribution in [0.1, 0.15) is 10.6 Å². The van der Waals surface area contributed by atoms with Crippen LogP contribution in [0, 0.1) is 0 Å². The fourth-order valence-electron chi connectivity index (χ4n) is 0.574. The lowest BCUT2D eigenvalue weighted by atomic mass is 10.6. The number of amides is 1. The van der Waals surface area contributed by atoms with Crippen LogP contribution in [0.2, 0.25) is 0 Å². The van der Waals surface area contributed by atoms with E-state index >= 15 is 0 Å². The van der Waals surface area contributed by atoms with E-state index in [1.807, 2.05) is 0 Å². The van der Waals surface area contributed by atoms with Crippen molar-refractivity contribution in [3.05, 3.63) is 18.2 Å². The standard InChI is InChI=1S/C5H8N6O/c1-6-10-11-9-5(12)4-7-2-3-8-4/h2-3H,1H3,(H,6,11)(H,7,8)(H,9,10,12). The third-order valence-corrected chi connectivity index (χ3v) is 1.03. The van der Waals surface area contributed by atoms with Gasteiger partial charge in [-0.1, -0.05) is 5.22 Å². The fraction of sp³-hybridized carbons (Fsp3) is 0.200. The smallest absolute Gasteiger partial charge is 0.306 e. The summed E-state index contributed by atoms with van der Waals surface area (Å²) in [4.78, 5) is 17.4. The summed E-state index contributed by atoms with van der Waals surface area (Å²) < 4.78 is 0. The number of carbonyl (C=O) groups is 1. The SMILES string of the molecule is CN=NNNC(=O)c1ncc[nH]1. The summed E-state index contributed by atoms with van der Waals surface area (Å²) in [6.07, 6.45) is 3.03. The van der Waals surface area contributed by atoms with Gasteiger partial charge in [0, 0.05) is 12.4 Å². The topological polar surface area (TPSA) is 94.5 Å². The predicted molar refractivity (Wildman–Crippen MR) is 40.0 cm³/mol. The molecule has 0 saturated heterocycles. The predicted octanol–water partition coefficient (Wildman–Crippen LogP) is -0.359. The first-order valence-electron chi connectivity index (χ1n) is 3.18. The molecule has 0 aliphatic carbocycles. The van der Waals surface area contributed by atoms with Gasteiger partial charge in [0.2, 0.25) is 0 Å². The highest BCUT2D eigenvalue weighted by Crippen LogP contribution is 1.85. The fourth-order valence-corrected chi connectivity index (χ4v) is 0.574. The molecule has 1 aromatic heterocycles. The van der Waals surface area contributed by atoms with Crippen LogP contribution < -0.4 is 11.0 Å². The maximum absolute atomic E-state index is 11.0. The van der Waals surface area contributed by atoms with Gasteiger partial charge >= 0.3 is 5.91 Å². The molecule has 7 nitrogen and oxygen atoms in total. The van der Waals surface area contributed by atoms with Crippen molar-refractivity contribution >= 4 is 5.91 Å². The molecule has 0 aliphatic rings. The Labute approximate surface area is 68.2 Å². The quantitative estimate of drug-likeness (QED) is 0.425. The molecule has 0 aliphatic heterocycles. The van der Waals surface area contributed by atoms with Gasteiger partial charge in [-0.15, -0.1) is 0 Å². The molecule has 0 bridgehead atoms. The second kappa shape index (κ2) is 4.06. The Morgan fingerprint density at radius 1 is 1.75 bits per heavy atom. The molecule has 7 heteroatoms. The molecule has 0 unspecified atom stereocenters. The number of aromatic amines is 1. The number of hydrogen-bond acceptors (Lipinski definition) is 4. The van der Waals surface area contributed by atoms with Gasteiger partial charge in [0.1, 0.15) is 0 Å². The van der Waals surface area contributed by atoms with Gasteiger partial charge in [-0.05, 0) is 0 Å². The van der Waals surface area contributed by atoms with Crippen molar-refractivity contribution in [2.75, 3.05) is 7.05 Å². The lowest BCUT2D eigenvalue weighted by Gasteiger charge is -1.97. The molecular weight excluding hydrogens is 160 g/mol. The Bertz CT molecular complexity index is 265. The summed E-state index contributed by atoms with van der Waals surface area (Å²) in [5, 5.41) is 6.68. The zero-order valence-electron chi connectivity index (χ0n) is 6.40. The van der Waals surface area contributed by atoms with Crippen molar-refractivity contribution in [3.8, 4) is 0 Å². The minimum atomic E-state index is -0.396. The molecule has 1 rings (SSSR count). The van der Waals surface area contributed by atoms with Crippen LogP contribution in [-0.4, -0.2) is 22.9 Å². The van der Waals surface area contributed by atoms with Crippen LogP contribution in [-0.2, 0) is 0 Å². The maximum Gasteiger partial charge on any atom is 0.306 e. The molecule has 64 valence electrons. The molecule has 0 radical (unpaired) electrons. The van der Waals surface area contributed by atoms with Gasteiger partial charge in [0.15, 0.2) is 5.82 Å². The van der Waals surface area contributed by atoms with E-state index in [-0.39, 0.29) is 5.82 Å². The highest BCUT2D eigenvalue weighted by Gasteiger charge is 2.04. The van der Waals surface area contributed by atoms with E-state index in [4.69, 9.17) is 0 Å². The minimum absolute atomic E-state index is 0.216. The van der Waals surface area contributed by atoms with Crippen molar-refractivity contribution in [2.45, 2.75) is 0 Å². The molecule has 1 heterocycles. The largest absolute Gasteiger partial charge is 0.340 e. The minimum Gasteiger partial charge on any atom is -0.340 e. The highest BCUT2D eigenvalue weighted by molar-refractivity contribution is 5.89. The second-order valence-corrected chi connectivity index (χ2v) is 1.80. The average Bonchev–Trinajstić information content (AvgIpc) is 2.56. The van der Waals surface area contributed by atoms with Gasteiger partial charge < -0.3 is 4.98 Å². The molecule has 0 spiro atoms. The molecule has 3 N–H and O–H groups in total. The maximum atomic E-state index is 11.0. The summed E-state index contributed by atoms with van der Waals surface area (Å²) in [7, 11) is 1.48. The monoisotopic (exact) mass is 168 g/mol. The number of nitrogens with zero attached hydrogens (tertiary/aromatic N) is 3. The second-order valence-electron chi connectivity index (χ2n) is 1.80. The molecule has 0 saturated carbocycles. The molecular formula is C5H8N6O. The van der Waals surface area contributed by atoms with E-state index in [0.29, 0.717) is 0 Å². The summed E-state index contributed by atoms with van der Waals surface area (Å²) in [6, 6.07) is 0. The van der Waals surface area contributed by atoms with Crippen molar-refractivity contribution < 1.29 is 4.79 Å². The molecule has 0 fully saturated rings. The van der Waals surface area contributed by atoms with E-state index in [2.05, 4.69) is 31.3 Å². The van der Waals surface area contributed by atoms with Gasteiger partial charge in [0.05, 0.1) is 7.05 Å². The number of hydrazine groups is 1. The van der Waals surface area contributed by atoms with Crippen LogP contribution in [0.15, 0.2) is 22.7 Å². The van der Waals surface area contributed by atoms with E-state index in [9.17, 15) is 4.79 Å². The zero-order valence-corrected chi connectivity index (χ0v) is 6.40. The summed E-state index contributed by atoms with van der Waals surface area (Å²) in [5.74, 6) is -0.179. The van der Waals surface area contributed by atoms with Crippen molar-refractivity contribution in [2.24, 2.45) is 10.3 Å². The Hall–Kier alpha value is -1.92. The molecule has 12 heavy (non-hydrogen) atoms. The average molecular weight is 168 g/mol. The first-order chi connectivity index (χ1) is 5.84. The van der Waals surface area contributed by atoms with Crippen LogP contribution >= 0.6 is 0 Å². The number of H-pyrrole nitrogens is 1. The Kier molecular flexibility index (Phi) is 2.77. The number of imidazole rings is 1. The number of aromatic nitrogens is 2. The normalized spacial score (nSPS) is 10.1. The zero-order chi connectivity index (χ0) is 8.81. The Balaban J connectivity index is 2.40. The summed E-state index contributed by atoms with van der Waals surface area (Å²) in [5.41, 5.74) is 4.46. The number of hydrogen-bond donors (Lipinski definition) is 3. The van der Waals surface area contributed by atoms with Gasteiger partial charge in [0.25, 0.3) is 0 Å². The summed E-state index contributed by atoms with van der Waals surface area (Å²) >= 11 is 0. The Morgan fingerprint density at radius 2 is 2.58 bits per heavy atom. The third-order valence-electron chi connectivity index (χ3n) is 1.03. The lowest BCUT2D eigenvalue weighted by Crippen LogP contribution is -2.33. The van der Waals surface area contributed by atoms with E-state index in [1.54, 1.807) is 6.20 Å².